The van der Waals surface area contributed by atoms with Crippen LogP contribution in [0.2, 0.25) is 0 Å². The molecule has 0 aliphatic rings. The van der Waals surface area contributed by atoms with Crippen molar-refractivity contribution in [1.82, 2.24) is 10.6 Å². The third-order valence-corrected chi connectivity index (χ3v) is 3.81. The average Bonchev–Trinajstić information content (AvgIpc) is 3.09. The van der Waals surface area contributed by atoms with E-state index in [9.17, 15) is 9.59 Å². The summed E-state index contributed by atoms with van der Waals surface area (Å²) in [5.41, 5.74) is 0.669. The molecule has 1 heterocycles. The zero-order valence-electron chi connectivity index (χ0n) is 13.8. The van der Waals surface area contributed by atoms with Gasteiger partial charge in [-0.25, -0.2) is 4.79 Å². The van der Waals surface area contributed by atoms with Gasteiger partial charge in [0.05, 0.1) is 13.1 Å². The van der Waals surface area contributed by atoms with E-state index >= 15 is 0 Å². The van der Waals surface area contributed by atoms with E-state index in [4.69, 9.17) is 4.74 Å². The van der Waals surface area contributed by atoms with Crippen LogP contribution in [-0.4, -0.2) is 25.1 Å². The fourth-order valence-electron chi connectivity index (χ4n) is 1.87. The van der Waals surface area contributed by atoms with Gasteiger partial charge in [0.2, 0.25) is 5.91 Å². The van der Waals surface area contributed by atoms with E-state index in [0.717, 1.165) is 4.88 Å². The molecule has 0 radical (unpaired) electrons. The van der Waals surface area contributed by atoms with Crippen molar-refractivity contribution >= 4 is 29.0 Å². The monoisotopic (exact) mass is 357 g/mol. The Balaban J connectivity index is 1.64. The fraction of sp³-hybridized carbons (Fsp3) is 0.222. The summed E-state index contributed by atoms with van der Waals surface area (Å²) in [5, 5.41) is 10.0. The number of benzene rings is 1. The van der Waals surface area contributed by atoms with Crippen molar-refractivity contribution in [2.45, 2.75) is 13.5 Å². The maximum Gasteiger partial charge on any atom is 0.315 e. The normalized spacial score (nSPS) is 9.48. The molecule has 0 aliphatic heterocycles. The number of anilines is 1. The summed E-state index contributed by atoms with van der Waals surface area (Å²) in [5.74, 6) is 6.11. The maximum atomic E-state index is 11.6. The largest absolute Gasteiger partial charge is 0.481 e. The Hall–Kier alpha value is -2.98. The summed E-state index contributed by atoms with van der Waals surface area (Å²) >= 11 is 1.59. The third-order valence-electron chi connectivity index (χ3n) is 2.93. The van der Waals surface area contributed by atoms with Crippen molar-refractivity contribution in [2.24, 2.45) is 0 Å². The molecule has 0 unspecified atom stereocenters. The minimum atomic E-state index is -0.258. The lowest BCUT2D eigenvalue weighted by Crippen LogP contribution is -2.35. The molecule has 0 saturated carbocycles. The van der Waals surface area contributed by atoms with E-state index in [2.05, 4.69) is 27.8 Å². The summed E-state index contributed by atoms with van der Waals surface area (Å²) in [7, 11) is 0. The number of rotatable bonds is 6. The quantitative estimate of drug-likeness (QED) is 0.695. The van der Waals surface area contributed by atoms with Gasteiger partial charge in [-0.2, -0.15) is 0 Å². The van der Waals surface area contributed by atoms with Crippen LogP contribution in [0.5, 0.6) is 5.75 Å². The molecule has 3 amide bonds. The first-order valence-electron chi connectivity index (χ1n) is 7.64. The number of carbonyl (C=O) groups is 2. The van der Waals surface area contributed by atoms with Gasteiger partial charge >= 0.3 is 6.03 Å². The van der Waals surface area contributed by atoms with E-state index in [1.54, 1.807) is 35.6 Å². The zero-order valence-corrected chi connectivity index (χ0v) is 14.6. The summed E-state index contributed by atoms with van der Waals surface area (Å²) in [4.78, 5) is 23.7. The highest BCUT2D eigenvalue weighted by Crippen LogP contribution is 2.16. The molecular weight excluding hydrogens is 338 g/mol. The van der Waals surface area contributed by atoms with Crippen LogP contribution in [0.15, 0.2) is 41.8 Å². The predicted molar refractivity (Wildman–Crippen MR) is 98.6 cm³/mol. The van der Waals surface area contributed by atoms with E-state index in [0.29, 0.717) is 18.0 Å². The van der Waals surface area contributed by atoms with Crippen molar-refractivity contribution < 1.29 is 14.3 Å². The van der Waals surface area contributed by atoms with Gasteiger partial charge < -0.3 is 20.7 Å². The number of hydrogen-bond acceptors (Lipinski definition) is 4. The average molecular weight is 357 g/mol. The highest BCUT2D eigenvalue weighted by atomic mass is 32.1. The number of thiophene rings is 1. The molecule has 2 rings (SSSR count). The van der Waals surface area contributed by atoms with Gasteiger partial charge in [0.15, 0.2) is 0 Å². The third kappa shape index (κ3) is 7.42. The Morgan fingerprint density at radius 2 is 2.04 bits per heavy atom. The van der Waals surface area contributed by atoms with Crippen LogP contribution in [0.3, 0.4) is 0 Å². The van der Waals surface area contributed by atoms with Crippen molar-refractivity contribution in [3.05, 3.63) is 46.7 Å². The van der Waals surface area contributed by atoms with Gasteiger partial charge in [0, 0.05) is 23.6 Å². The zero-order chi connectivity index (χ0) is 17.9. The smallest absolute Gasteiger partial charge is 0.315 e. The molecule has 6 nitrogen and oxygen atoms in total. The van der Waals surface area contributed by atoms with E-state index in [1.807, 2.05) is 17.5 Å². The van der Waals surface area contributed by atoms with Crippen molar-refractivity contribution in [1.29, 1.82) is 0 Å². The van der Waals surface area contributed by atoms with Crippen LogP contribution in [0, 0.1) is 11.8 Å². The molecule has 25 heavy (non-hydrogen) atoms. The van der Waals surface area contributed by atoms with Gasteiger partial charge in [-0.15, -0.1) is 11.3 Å². The molecular formula is C18H19N3O3S. The Kier molecular flexibility index (Phi) is 7.35. The summed E-state index contributed by atoms with van der Waals surface area (Å²) in [6.45, 7) is 2.39. The van der Waals surface area contributed by atoms with Crippen molar-refractivity contribution in [3.8, 4) is 17.6 Å². The highest BCUT2D eigenvalue weighted by Gasteiger charge is 1.99. The molecule has 0 aliphatic carbocycles. The summed E-state index contributed by atoms with van der Waals surface area (Å²) < 4.78 is 5.48. The predicted octanol–water partition coefficient (Wildman–Crippen LogP) is 2.59. The topological polar surface area (TPSA) is 79.5 Å². The molecule has 130 valence electrons. The summed E-state index contributed by atoms with van der Waals surface area (Å²) in [6, 6.07) is 10.7. The van der Waals surface area contributed by atoms with E-state index in [-0.39, 0.29) is 25.1 Å². The fourth-order valence-corrected chi connectivity index (χ4v) is 2.51. The Bertz CT molecular complexity index is 763. The molecule has 0 fully saturated rings. The lowest BCUT2D eigenvalue weighted by Gasteiger charge is -2.05. The molecule has 0 atom stereocenters. The first-order valence-corrected chi connectivity index (χ1v) is 8.52. The van der Waals surface area contributed by atoms with Crippen molar-refractivity contribution in [2.75, 3.05) is 18.5 Å². The van der Waals surface area contributed by atoms with Crippen LogP contribution in [0.1, 0.15) is 11.8 Å². The molecule has 1 aromatic heterocycles. The number of urea groups is 1. The number of nitrogens with one attached hydrogen (secondary N) is 3. The van der Waals surface area contributed by atoms with Gasteiger partial charge in [-0.05, 0) is 23.6 Å². The van der Waals surface area contributed by atoms with Crippen LogP contribution in [0.25, 0.3) is 0 Å². The van der Waals surface area contributed by atoms with Crippen LogP contribution in [-0.2, 0) is 11.3 Å². The van der Waals surface area contributed by atoms with Gasteiger partial charge in [0.1, 0.15) is 12.4 Å². The van der Waals surface area contributed by atoms with E-state index < -0.39 is 0 Å². The Morgan fingerprint density at radius 1 is 1.16 bits per heavy atom. The minimum absolute atomic E-state index is 0.139. The van der Waals surface area contributed by atoms with Gasteiger partial charge in [-0.1, -0.05) is 24.0 Å². The number of hydrogen-bond donors (Lipinski definition) is 3. The molecule has 1 aromatic carbocycles. The van der Waals surface area contributed by atoms with Crippen LogP contribution in [0.4, 0.5) is 10.5 Å². The Morgan fingerprint density at radius 3 is 2.80 bits per heavy atom. The number of ether oxygens (including phenoxy) is 1. The molecule has 3 N–H and O–H groups in total. The van der Waals surface area contributed by atoms with E-state index in [1.165, 1.54) is 6.92 Å². The summed E-state index contributed by atoms with van der Waals surface area (Å²) in [6.07, 6.45) is 0. The molecule has 0 bridgehead atoms. The first kappa shape index (κ1) is 18.4. The second-order valence-corrected chi connectivity index (χ2v) is 6.00. The van der Waals surface area contributed by atoms with Gasteiger partial charge in [0.25, 0.3) is 0 Å². The second-order valence-electron chi connectivity index (χ2n) is 4.97. The molecule has 0 saturated heterocycles. The van der Waals surface area contributed by atoms with Crippen LogP contribution < -0.4 is 20.7 Å². The molecule has 7 heteroatoms. The molecule has 0 spiro atoms. The van der Waals surface area contributed by atoms with Crippen molar-refractivity contribution in [3.63, 3.8) is 0 Å². The highest BCUT2D eigenvalue weighted by molar-refractivity contribution is 7.09. The number of carbonyl (C=O) groups excluding carboxylic acids is 2. The minimum Gasteiger partial charge on any atom is -0.481 e. The van der Waals surface area contributed by atoms with Gasteiger partial charge in [-0.3, -0.25) is 4.79 Å². The Labute approximate surface area is 150 Å². The first-order chi connectivity index (χ1) is 12.1. The maximum absolute atomic E-state index is 11.6. The lowest BCUT2D eigenvalue weighted by molar-refractivity contribution is -0.114. The van der Waals surface area contributed by atoms with Crippen LogP contribution >= 0.6 is 11.3 Å². The number of amides is 3. The SMILES string of the molecule is CC(=O)Nc1cccc(OCC#CCNC(=O)NCc2cccs2)c1. The standard InChI is InChI=1S/C18H19N3O3S/c1-14(22)21-15-6-4-7-16(12-15)24-10-3-2-9-19-18(23)20-13-17-8-5-11-25-17/h4-8,11-12H,9-10,13H2,1H3,(H,21,22)(H2,19,20,23). The lowest BCUT2D eigenvalue weighted by atomic mass is 10.3. The second kappa shape index (κ2) is 10.0. The molecule has 2 aromatic rings.